The number of benzene rings is 1. The summed E-state index contributed by atoms with van der Waals surface area (Å²) in [6, 6.07) is 10.5. The average molecular weight is 354 g/mol. The van der Waals surface area contributed by atoms with Crippen LogP contribution in [0.15, 0.2) is 42.7 Å². The highest BCUT2D eigenvalue weighted by Gasteiger charge is 2.32. The highest BCUT2D eigenvalue weighted by molar-refractivity contribution is 5.30. The van der Waals surface area contributed by atoms with Crippen LogP contribution < -0.4 is 0 Å². The second kappa shape index (κ2) is 8.33. The van der Waals surface area contributed by atoms with Crippen LogP contribution in [0, 0.1) is 0 Å². The summed E-state index contributed by atoms with van der Waals surface area (Å²) in [6.45, 7) is 4.99. The maximum absolute atomic E-state index is 10.7. The molecule has 1 aromatic carbocycles. The van der Waals surface area contributed by atoms with E-state index in [9.17, 15) is 5.11 Å². The van der Waals surface area contributed by atoms with Crippen LogP contribution in [0.1, 0.15) is 37.7 Å². The number of hydrogen-bond acceptors (Lipinski definition) is 4. The maximum Gasteiger partial charge on any atom is 0.0822 e. The SMILES string of the molecule is O[C@@H]1CN(Cc2cnn(-c3ccccc3)c2)CC[C@H]1N1CCCCCC1. The molecule has 2 fully saturated rings. The van der Waals surface area contributed by atoms with Gasteiger partial charge in [-0.05, 0) is 44.5 Å². The average Bonchev–Trinajstić information content (AvgIpc) is 2.96. The molecular formula is C21H30N4O. The van der Waals surface area contributed by atoms with Gasteiger partial charge in [0.25, 0.3) is 0 Å². The second-order valence-corrected chi connectivity index (χ2v) is 7.74. The van der Waals surface area contributed by atoms with Crippen LogP contribution in [0.5, 0.6) is 0 Å². The van der Waals surface area contributed by atoms with E-state index >= 15 is 0 Å². The molecular weight excluding hydrogens is 324 g/mol. The molecule has 1 N–H and O–H groups in total. The zero-order valence-corrected chi connectivity index (χ0v) is 15.5. The Morgan fingerprint density at radius 1 is 1.00 bits per heavy atom. The van der Waals surface area contributed by atoms with Crippen molar-refractivity contribution in [2.45, 2.75) is 50.8 Å². The lowest BCUT2D eigenvalue weighted by atomic mass is 9.99. The number of nitrogens with zero attached hydrogens (tertiary/aromatic N) is 4. The lowest BCUT2D eigenvalue weighted by molar-refractivity contribution is -0.0144. The second-order valence-electron chi connectivity index (χ2n) is 7.74. The van der Waals surface area contributed by atoms with E-state index in [4.69, 9.17) is 0 Å². The van der Waals surface area contributed by atoms with Crippen molar-refractivity contribution >= 4 is 0 Å². The normalized spacial score (nSPS) is 25.9. The minimum Gasteiger partial charge on any atom is -0.390 e. The Morgan fingerprint density at radius 3 is 2.50 bits per heavy atom. The number of aromatic nitrogens is 2. The first-order valence-electron chi connectivity index (χ1n) is 10.0. The zero-order chi connectivity index (χ0) is 17.8. The van der Waals surface area contributed by atoms with Crippen molar-refractivity contribution in [2.75, 3.05) is 26.2 Å². The number of para-hydroxylation sites is 1. The number of aliphatic hydroxyl groups excluding tert-OH is 1. The third kappa shape index (κ3) is 4.17. The number of hydrogen-bond donors (Lipinski definition) is 1. The summed E-state index contributed by atoms with van der Waals surface area (Å²) in [5.74, 6) is 0. The lowest BCUT2D eigenvalue weighted by Crippen LogP contribution is -2.54. The first kappa shape index (κ1) is 17.7. The fourth-order valence-corrected chi connectivity index (χ4v) is 4.40. The van der Waals surface area contributed by atoms with Gasteiger partial charge in [-0.25, -0.2) is 4.68 Å². The minimum absolute atomic E-state index is 0.244. The molecule has 2 saturated heterocycles. The van der Waals surface area contributed by atoms with Gasteiger partial charge in [-0.2, -0.15) is 5.10 Å². The van der Waals surface area contributed by atoms with Crippen molar-refractivity contribution in [3.8, 4) is 5.69 Å². The molecule has 0 spiro atoms. The number of piperidine rings is 1. The number of likely N-dealkylation sites (tertiary alicyclic amines) is 2. The molecule has 3 heterocycles. The molecule has 2 atom stereocenters. The molecule has 0 amide bonds. The number of rotatable bonds is 4. The first-order valence-corrected chi connectivity index (χ1v) is 10.0. The fourth-order valence-electron chi connectivity index (χ4n) is 4.40. The van der Waals surface area contributed by atoms with Gasteiger partial charge in [-0.3, -0.25) is 9.80 Å². The molecule has 0 bridgehead atoms. The molecule has 0 saturated carbocycles. The molecule has 0 aliphatic carbocycles. The monoisotopic (exact) mass is 354 g/mol. The highest BCUT2D eigenvalue weighted by Crippen LogP contribution is 2.22. The van der Waals surface area contributed by atoms with Crippen molar-refractivity contribution in [3.63, 3.8) is 0 Å². The Kier molecular flexibility index (Phi) is 5.68. The van der Waals surface area contributed by atoms with Crippen LogP contribution in [-0.4, -0.2) is 63.0 Å². The molecule has 5 heteroatoms. The molecule has 0 unspecified atom stereocenters. The van der Waals surface area contributed by atoms with E-state index in [1.165, 1.54) is 31.2 Å². The van der Waals surface area contributed by atoms with E-state index in [-0.39, 0.29) is 6.10 Å². The van der Waals surface area contributed by atoms with Crippen LogP contribution in [0.2, 0.25) is 0 Å². The van der Waals surface area contributed by atoms with Gasteiger partial charge < -0.3 is 5.11 Å². The van der Waals surface area contributed by atoms with Gasteiger partial charge in [-0.15, -0.1) is 0 Å². The zero-order valence-electron chi connectivity index (χ0n) is 15.5. The summed E-state index contributed by atoms with van der Waals surface area (Å²) in [4.78, 5) is 4.91. The number of β-amino-alcohol motifs (C(OH)–C–C–N with tert-alkyl or cyclic N) is 1. The standard InChI is InChI=1S/C21H30N4O/c26-21-17-23(13-10-20(21)24-11-6-1-2-7-12-24)15-18-14-22-25(16-18)19-8-4-3-5-9-19/h3-5,8-9,14,16,20-21,26H,1-2,6-7,10-13,15,17H2/t20-,21-/m1/s1. The van der Waals surface area contributed by atoms with Crippen molar-refractivity contribution in [3.05, 3.63) is 48.3 Å². The van der Waals surface area contributed by atoms with E-state index < -0.39 is 0 Å². The van der Waals surface area contributed by atoms with Gasteiger partial charge in [0.15, 0.2) is 0 Å². The molecule has 1 aromatic heterocycles. The topological polar surface area (TPSA) is 44.5 Å². The number of aliphatic hydroxyl groups is 1. The highest BCUT2D eigenvalue weighted by atomic mass is 16.3. The van der Waals surface area contributed by atoms with E-state index in [1.54, 1.807) is 0 Å². The van der Waals surface area contributed by atoms with Crippen LogP contribution in [-0.2, 0) is 6.54 Å². The van der Waals surface area contributed by atoms with Gasteiger partial charge in [0.1, 0.15) is 0 Å². The van der Waals surface area contributed by atoms with Gasteiger partial charge >= 0.3 is 0 Å². The summed E-state index contributed by atoms with van der Waals surface area (Å²) in [5, 5.41) is 15.2. The van der Waals surface area contributed by atoms with Gasteiger partial charge in [0, 0.05) is 37.4 Å². The Morgan fingerprint density at radius 2 is 1.77 bits per heavy atom. The predicted molar refractivity (Wildman–Crippen MR) is 103 cm³/mol. The van der Waals surface area contributed by atoms with Crippen molar-refractivity contribution in [2.24, 2.45) is 0 Å². The minimum atomic E-state index is -0.244. The molecule has 2 aromatic rings. The maximum atomic E-state index is 10.7. The molecule has 26 heavy (non-hydrogen) atoms. The van der Waals surface area contributed by atoms with Crippen LogP contribution in [0.4, 0.5) is 0 Å². The fraction of sp³-hybridized carbons (Fsp3) is 0.571. The molecule has 4 rings (SSSR count). The summed E-state index contributed by atoms with van der Waals surface area (Å²) in [6.07, 6.45) is 10.1. The lowest BCUT2D eigenvalue weighted by Gasteiger charge is -2.41. The van der Waals surface area contributed by atoms with Gasteiger partial charge in [-0.1, -0.05) is 31.0 Å². The third-order valence-electron chi connectivity index (χ3n) is 5.80. The summed E-state index contributed by atoms with van der Waals surface area (Å²) < 4.78 is 1.93. The van der Waals surface area contributed by atoms with Gasteiger partial charge in [0.2, 0.25) is 0 Å². The predicted octanol–water partition coefficient (Wildman–Crippen LogP) is 2.68. The van der Waals surface area contributed by atoms with E-state index in [0.717, 1.165) is 44.8 Å². The Bertz CT molecular complexity index is 678. The van der Waals surface area contributed by atoms with Crippen molar-refractivity contribution in [1.82, 2.24) is 19.6 Å². The summed E-state index contributed by atoms with van der Waals surface area (Å²) >= 11 is 0. The quantitative estimate of drug-likeness (QED) is 0.917. The summed E-state index contributed by atoms with van der Waals surface area (Å²) in [7, 11) is 0. The molecule has 2 aliphatic heterocycles. The summed E-state index contributed by atoms with van der Waals surface area (Å²) in [5.41, 5.74) is 2.29. The van der Waals surface area contributed by atoms with Crippen LogP contribution in [0.25, 0.3) is 5.69 Å². The van der Waals surface area contributed by atoms with Crippen molar-refractivity contribution < 1.29 is 5.11 Å². The Balaban J connectivity index is 1.34. The Labute approximate surface area is 156 Å². The molecule has 2 aliphatic rings. The van der Waals surface area contributed by atoms with Gasteiger partial charge in [0.05, 0.1) is 18.0 Å². The van der Waals surface area contributed by atoms with E-state index in [0.29, 0.717) is 6.04 Å². The smallest absolute Gasteiger partial charge is 0.0822 e. The Hall–Kier alpha value is -1.69. The van der Waals surface area contributed by atoms with Crippen molar-refractivity contribution in [1.29, 1.82) is 0 Å². The first-order chi connectivity index (χ1) is 12.8. The van der Waals surface area contributed by atoms with Crippen LogP contribution >= 0.6 is 0 Å². The molecule has 5 nitrogen and oxygen atoms in total. The third-order valence-corrected chi connectivity index (χ3v) is 5.80. The van der Waals surface area contributed by atoms with E-state index in [1.807, 2.05) is 29.1 Å². The molecule has 140 valence electrons. The van der Waals surface area contributed by atoms with Crippen LogP contribution in [0.3, 0.4) is 0 Å². The molecule has 0 radical (unpaired) electrons. The largest absolute Gasteiger partial charge is 0.390 e. The van der Waals surface area contributed by atoms with E-state index in [2.05, 4.69) is 33.2 Å².